The van der Waals surface area contributed by atoms with Crippen molar-refractivity contribution in [3.05, 3.63) is 53.6 Å². The lowest BCUT2D eigenvalue weighted by Crippen LogP contribution is -2.23. The zero-order valence-corrected chi connectivity index (χ0v) is 11.4. The summed E-state index contributed by atoms with van der Waals surface area (Å²) in [5.74, 6) is -0.187. The lowest BCUT2D eigenvalue weighted by Gasteiger charge is -2.17. The van der Waals surface area contributed by atoms with Gasteiger partial charge in [-0.15, -0.1) is 0 Å². The van der Waals surface area contributed by atoms with Crippen LogP contribution in [0.25, 0.3) is 0 Å². The molecule has 0 saturated carbocycles. The number of nitrogens with one attached hydrogen (secondary N) is 1. The zero-order chi connectivity index (χ0) is 13.7. The van der Waals surface area contributed by atoms with Gasteiger partial charge in [-0.25, -0.2) is 4.39 Å². The monoisotopic (exact) mass is 261 g/mol. The van der Waals surface area contributed by atoms with E-state index in [0.717, 1.165) is 24.9 Å². The van der Waals surface area contributed by atoms with E-state index in [9.17, 15) is 4.39 Å². The molecule has 0 amide bonds. The number of hydrogen-bond acceptors (Lipinski definition) is 2. The van der Waals surface area contributed by atoms with Gasteiger partial charge >= 0.3 is 0 Å². The van der Waals surface area contributed by atoms with Crippen LogP contribution in [-0.2, 0) is 13.5 Å². The first-order chi connectivity index (χ1) is 9.20. The summed E-state index contributed by atoms with van der Waals surface area (Å²) in [5.41, 5.74) is 2.34. The Morgan fingerprint density at radius 1 is 1.26 bits per heavy atom. The average Bonchev–Trinajstić information content (AvgIpc) is 2.82. The number of halogens is 1. The van der Waals surface area contributed by atoms with Crippen LogP contribution in [0.5, 0.6) is 0 Å². The van der Waals surface area contributed by atoms with Crippen molar-refractivity contribution in [2.45, 2.75) is 25.8 Å². The minimum absolute atomic E-state index is 0.187. The van der Waals surface area contributed by atoms with E-state index in [-0.39, 0.29) is 11.9 Å². The number of nitrogens with zero attached hydrogens (tertiary/aromatic N) is 2. The summed E-state index contributed by atoms with van der Waals surface area (Å²) in [6.07, 6.45) is 3.73. The molecule has 0 aliphatic rings. The van der Waals surface area contributed by atoms with Crippen LogP contribution < -0.4 is 5.32 Å². The molecule has 0 bridgehead atoms. The third kappa shape index (κ3) is 3.64. The molecule has 4 heteroatoms. The van der Waals surface area contributed by atoms with Crippen molar-refractivity contribution < 1.29 is 4.39 Å². The van der Waals surface area contributed by atoms with Crippen LogP contribution in [0.2, 0.25) is 0 Å². The van der Waals surface area contributed by atoms with Gasteiger partial charge in [-0.3, -0.25) is 4.68 Å². The minimum atomic E-state index is -0.187. The normalized spacial score (nSPS) is 12.6. The second kappa shape index (κ2) is 6.48. The summed E-state index contributed by atoms with van der Waals surface area (Å²) in [7, 11) is 1.95. The lowest BCUT2D eigenvalue weighted by atomic mass is 10.0. The maximum Gasteiger partial charge on any atom is 0.123 e. The molecule has 0 aliphatic carbocycles. The van der Waals surface area contributed by atoms with Gasteiger partial charge in [0.25, 0.3) is 0 Å². The van der Waals surface area contributed by atoms with Crippen LogP contribution in [-0.4, -0.2) is 16.3 Å². The number of benzene rings is 1. The molecule has 2 aromatic rings. The van der Waals surface area contributed by atoms with Crippen molar-refractivity contribution in [1.29, 1.82) is 0 Å². The van der Waals surface area contributed by atoms with Gasteiger partial charge in [-0.1, -0.05) is 19.1 Å². The molecule has 0 spiro atoms. The van der Waals surface area contributed by atoms with Crippen LogP contribution in [0.4, 0.5) is 4.39 Å². The maximum atomic E-state index is 12.9. The summed E-state index contributed by atoms with van der Waals surface area (Å²) in [4.78, 5) is 0. The fourth-order valence-corrected chi connectivity index (χ4v) is 2.21. The van der Waals surface area contributed by atoms with E-state index in [1.165, 1.54) is 17.8 Å². The van der Waals surface area contributed by atoms with E-state index in [1.807, 2.05) is 36.1 Å². The molecule has 1 aromatic carbocycles. The molecule has 1 unspecified atom stereocenters. The molecule has 0 fully saturated rings. The van der Waals surface area contributed by atoms with Crippen molar-refractivity contribution in [1.82, 2.24) is 15.1 Å². The number of rotatable bonds is 6. The van der Waals surface area contributed by atoms with E-state index in [0.29, 0.717) is 0 Å². The molecular weight excluding hydrogens is 241 g/mol. The van der Waals surface area contributed by atoms with Crippen molar-refractivity contribution in [3.63, 3.8) is 0 Å². The third-order valence-corrected chi connectivity index (χ3v) is 3.37. The second-order valence-electron chi connectivity index (χ2n) is 4.66. The van der Waals surface area contributed by atoms with Crippen molar-refractivity contribution in [3.8, 4) is 0 Å². The Balaban J connectivity index is 1.89. The van der Waals surface area contributed by atoms with Crippen LogP contribution in [0.3, 0.4) is 0 Å². The Kier molecular flexibility index (Phi) is 4.68. The highest BCUT2D eigenvalue weighted by atomic mass is 19.1. The summed E-state index contributed by atoms with van der Waals surface area (Å²) in [6, 6.07) is 9.03. The van der Waals surface area contributed by atoms with Crippen LogP contribution >= 0.6 is 0 Å². The summed E-state index contributed by atoms with van der Waals surface area (Å²) >= 11 is 0. The summed E-state index contributed by atoms with van der Waals surface area (Å²) in [5, 5.41) is 7.66. The van der Waals surface area contributed by atoms with Gasteiger partial charge in [0.15, 0.2) is 0 Å². The molecule has 19 heavy (non-hydrogen) atoms. The number of hydrogen-bond donors (Lipinski definition) is 1. The molecule has 2 rings (SSSR count). The fraction of sp³-hybridized carbons (Fsp3) is 0.400. The maximum absolute atomic E-state index is 12.9. The Labute approximate surface area is 113 Å². The Morgan fingerprint density at radius 3 is 2.58 bits per heavy atom. The molecule has 3 nitrogen and oxygen atoms in total. The first kappa shape index (κ1) is 13.7. The van der Waals surface area contributed by atoms with Gasteiger partial charge in [0.05, 0.1) is 0 Å². The molecule has 1 heterocycles. The minimum Gasteiger partial charge on any atom is -0.310 e. The van der Waals surface area contributed by atoms with Gasteiger partial charge < -0.3 is 5.32 Å². The zero-order valence-electron chi connectivity index (χ0n) is 11.4. The number of aryl methyl sites for hydroxylation is 1. The van der Waals surface area contributed by atoms with Crippen molar-refractivity contribution in [2.24, 2.45) is 7.05 Å². The van der Waals surface area contributed by atoms with E-state index in [2.05, 4.69) is 17.3 Å². The molecule has 0 radical (unpaired) electrons. The van der Waals surface area contributed by atoms with Gasteiger partial charge in [0.2, 0.25) is 0 Å². The van der Waals surface area contributed by atoms with E-state index in [4.69, 9.17) is 0 Å². The van der Waals surface area contributed by atoms with Crippen molar-refractivity contribution >= 4 is 0 Å². The highest BCUT2D eigenvalue weighted by Gasteiger charge is 2.08. The molecule has 0 aliphatic heterocycles. The fourth-order valence-electron chi connectivity index (χ4n) is 2.21. The van der Waals surface area contributed by atoms with E-state index >= 15 is 0 Å². The lowest BCUT2D eigenvalue weighted by molar-refractivity contribution is 0.514. The smallest absolute Gasteiger partial charge is 0.123 e. The van der Waals surface area contributed by atoms with Gasteiger partial charge in [0.1, 0.15) is 5.82 Å². The Bertz CT molecular complexity index is 504. The highest BCUT2D eigenvalue weighted by molar-refractivity contribution is 5.19. The van der Waals surface area contributed by atoms with E-state index in [1.54, 1.807) is 0 Å². The first-order valence-corrected chi connectivity index (χ1v) is 6.66. The van der Waals surface area contributed by atoms with Gasteiger partial charge in [0, 0.05) is 37.9 Å². The number of aromatic nitrogens is 2. The summed E-state index contributed by atoms with van der Waals surface area (Å²) < 4.78 is 14.8. The SMILES string of the molecule is CCC(NCCc1ccnn1C)c1ccc(F)cc1. The quantitative estimate of drug-likeness (QED) is 0.866. The van der Waals surface area contributed by atoms with Gasteiger partial charge in [-0.05, 0) is 30.2 Å². The predicted octanol–water partition coefficient (Wildman–Crippen LogP) is 2.84. The van der Waals surface area contributed by atoms with E-state index < -0.39 is 0 Å². The van der Waals surface area contributed by atoms with Crippen molar-refractivity contribution in [2.75, 3.05) is 6.54 Å². The second-order valence-corrected chi connectivity index (χ2v) is 4.66. The molecule has 1 atom stereocenters. The molecule has 1 aromatic heterocycles. The highest BCUT2D eigenvalue weighted by Crippen LogP contribution is 2.16. The van der Waals surface area contributed by atoms with Crippen LogP contribution in [0, 0.1) is 5.82 Å². The first-order valence-electron chi connectivity index (χ1n) is 6.66. The largest absolute Gasteiger partial charge is 0.310 e. The molecular formula is C15H20FN3. The van der Waals surface area contributed by atoms with Crippen LogP contribution in [0.1, 0.15) is 30.6 Å². The van der Waals surface area contributed by atoms with Crippen LogP contribution in [0.15, 0.2) is 36.5 Å². The molecule has 0 saturated heterocycles. The predicted molar refractivity (Wildman–Crippen MR) is 74.3 cm³/mol. The Morgan fingerprint density at radius 2 is 2.00 bits per heavy atom. The molecule has 102 valence electrons. The third-order valence-electron chi connectivity index (χ3n) is 3.37. The topological polar surface area (TPSA) is 29.9 Å². The van der Waals surface area contributed by atoms with Gasteiger partial charge in [-0.2, -0.15) is 5.10 Å². The average molecular weight is 261 g/mol. The molecule has 1 N–H and O–H groups in total. The standard InChI is InChI=1S/C15H20FN3/c1-3-15(12-4-6-13(16)7-5-12)17-10-8-14-9-11-18-19(14)2/h4-7,9,11,15,17H,3,8,10H2,1-2H3. The Hall–Kier alpha value is -1.68. The summed E-state index contributed by atoms with van der Waals surface area (Å²) in [6.45, 7) is 3.01.